The van der Waals surface area contributed by atoms with Crippen LogP contribution in [0.15, 0.2) is 30.3 Å². The van der Waals surface area contributed by atoms with Gasteiger partial charge < -0.3 is 10.2 Å². The Labute approximate surface area is 151 Å². The summed E-state index contributed by atoms with van der Waals surface area (Å²) < 4.78 is 53.6. The summed E-state index contributed by atoms with van der Waals surface area (Å²) in [4.78, 5) is 26.3. The lowest BCUT2D eigenvalue weighted by Gasteiger charge is -2.17. The third-order valence-corrected chi connectivity index (χ3v) is 4.52. The first kappa shape index (κ1) is 18.9. The molecule has 0 unspecified atom stereocenters. The number of aryl methyl sites for hydroxylation is 1. The zero-order valence-electron chi connectivity index (χ0n) is 14.4. The summed E-state index contributed by atoms with van der Waals surface area (Å²) in [6.07, 6.45) is -4.64. The number of carbonyl (C=O) groups excluding carboxylic acids is 2. The number of nitrogens with zero attached hydrogens (tertiary/aromatic N) is 3. The highest BCUT2D eigenvalue weighted by Crippen LogP contribution is 2.37. The third kappa shape index (κ3) is 3.51. The van der Waals surface area contributed by atoms with Crippen molar-refractivity contribution < 1.29 is 27.2 Å². The maximum Gasteiger partial charge on any atom is 0.435 e. The molecule has 144 valence electrons. The number of nitrogens with one attached hydrogen (secondary N) is 1. The fraction of sp³-hybridized carbons (Fsp3) is 0.353. The second-order valence-electron chi connectivity index (χ2n) is 6.35. The number of amides is 2. The van der Waals surface area contributed by atoms with Gasteiger partial charge in [0.2, 0.25) is 11.8 Å². The molecule has 0 aliphatic carbocycles. The van der Waals surface area contributed by atoms with Gasteiger partial charge in [0.15, 0.2) is 5.69 Å². The average molecular weight is 384 g/mol. The molecule has 0 radical (unpaired) electrons. The second kappa shape index (κ2) is 6.67. The molecule has 1 fully saturated rings. The first-order valence-electron chi connectivity index (χ1n) is 8.01. The maximum atomic E-state index is 13.8. The largest absolute Gasteiger partial charge is 0.435 e. The predicted molar refractivity (Wildman–Crippen MR) is 87.1 cm³/mol. The molecule has 2 atom stereocenters. The number of aromatic nitrogens is 2. The molecular weight excluding hydrogens is 368 g/mol. The average Bonchev–Trinajstić information content (AvgIpc) is 3.10. The SMILES string of the molecule is CN1C[C@H](c2cc(C(F)(F)F)nn2C)[C@@H](C(=O)Nc2ccccc2F)C1=O. The van der Waals surface area contributed by atoms with Crippen LogP contribution >= 0.6 is 0 Å². The highest BCUT2D eigenvalue weighted by molar-refractivity contribution is 6.08. The molecule has 27 heavy (non-hydrogen) atoms. The first-order valence-corrected chi connectivity index (χ1v) is 8.01. The maximum absolute atomic E-state index is 13.8. The van der Waals surface area contributed by atoms with Gasteiger partial charge in [0.05, 0.1) is 5.69 Å². The van der Waals surface area contributed by atoms with E-state index in [-0.39, 0.29) is 17.9 Å². The fourth-order valence-electron chi connectivity index (χ4n) is 3.20. The van der Waals surface area contributed by atoms with Crippen molar-refractivity contribution >= 4 is 17.5 Å². The Balaban J connectivity index is 1.93. The molecule has 10 heteroatoms. The van der Waals surface area contributed by atoms with Gasteiger partial charge in [0, 0.05) is 32.3 Å². The number of likely N-dealkylation sites (N-methyl/N-ethyl adjacent to an activating group) is 1. The summed E-state index contributed by atoms with van der Waals surface area (Å²) in [5.41, 5.74) is -1.10. The Bertz CT molecular complexity index is 893. The van der Waals surface area contributed by atoms with Crippen LogP contribution in [0.5, 0.6) is 0 Å². The Morgan fingerprint density at radius 1 is 1.26 bits per heavy atom. The quantitative estimate of drug-likeness (QED) is 0.653. The number of alkyl halides is 3. The van der Waals surface area contributed by atoms with E-state index in [2.05, 4.69) is 10.4 Å². The Kier molecular flexibility index (Phi) is 4.66. The highest BCUT2D eigenvalue weighted by atomic mass is 19.4. The van der Waals surface area contributed by atoms with Crippen LogP contribution in [0.25, 0.3) is 0 Å². The topological polar surface area (TPSA) is 67.2 Å². The fourth-order valence-corrected chi connectivity index (χ4v) is 3.20. The number of anilines is 1. The molecule has 3 rings (SSSR count). The molecule has 0 spiro atoms. The number of halogens is 4. The van der Waals surface area contributed by atoms with Crippen molar-refractivity contribution in [2.45, 2.75) is 12.1 Å². The molecular formula is C17H16F4N4O2. The molecule has 1 aromatic heterocycles. The van der Waals surface area contributed by atoms with Crippen LogP contribution in [0.4, 0.5) is 23.2 Å². The summed E-state index contributed by atoms with van der Waals surface area (Å²) >= 11 is 0. The third-order valence-electron chi connectivity index (χ3n) is 4.52. The van der Waals surface area contributed by atoms with Crippen molar-refractivity contribution in [3.8, 4) is 0 Å². The first-order chi connectivity index (χ1) is 12.6. The van der Waals surface area contributed by atoms with Crippen LogP contribution < -0.4 is 5.32 Å². The van der Waals surface area contributed by atoms with Crippen LogP contribution in [0.1, 0.15) is 17.3 Å². The number of rotatable bonds is 3. The summed E-state index contributed by atoms with van der Waals surface area (Å²) in [5.74, 6) is -4.15. The Morgan fingerprint density at radius 2 is 1.93 bits per heavy atom. The van der Waals surface area contributed by atoms with Crippen LogP contribution in [-0.4, -0.2) is 40.1 Å². The van der Waals surface area contributed by atoms with E-state index in [0.29, 0.717) is 0 Å². The van der Waals surface area contributed by atoms with E-state index in [1.54, 1.807) is 0 Å². The smallest absolute Gasteiger partial charge is 0.344 e. The number of para-hydroxylation sites is 1. The van der Waals surface area contributed by atoms with Gasteiger partial charge in [-0.3, -0.25) is 14.3 Å². The monoisotopic (exact) mass is 384 g/mol. The van der Waals surface area contributed by atoms with Crippen molar-refractivity contribution in [3.63, 3.8) is 0 Å². The highest BCUT2D eigenvalue weighted by Gasteiger charge is 2.46. The molecule has 0 bridgehead atoms. The lowest BCUT2D eigenvalue weighted by atomic mass is 9.91. The predicted octanol–water partition coefficient (Wildman–Crippen LogP) is 2.39. The lowest BCUT2D eigenvalue weighted by Crippen LogP contribution is -2.33. The van der Waals surface area contributed by atoms with Gasteiger partial charge in [0.25, 0.3) is 0 Å². The standard InChI is InChI=1S/C17H16F4N4O2/c1-24-8-9(12-7-13(17(19,20)21)23-25(12)2)14(16(24)27)15(26)22-11-6-4-3-5-10(11)18/h3-7,9,14H,8H2,1-2H3,(H,22,26)/t9-,14+/m1/s1. The van der Waals surface area contributed by atoms with E-state index in [1.807, 2.05) is 0 Å². The normalized spacial score (nSPS) is 20.2. The second-order valence-corrected chi connectivity index (χ2v) is 6.35. The van der Waals surface area contributed by atoms with Crippen LogP contribution in [0.3, 0.4) is 0 Å². The molecule has 2 amide bonds. The van der Waals surface area contributed by atoms with Gasteiger partial charge in [-0.25, -0.2) is 4.39 Å². The molecule has 1 N–H and O–H groups in total. The van der Waals surface area contributed by atoms with E-state index >= 15 is 0 Å². The Morgan fingerprint density at radius 3 is 2.52 bits per heavy atom. The molecule has 1 aliphatic rings. The molecule has 1 aromatic carbocycles. The van der Waals surface area contributed by atoms with Crippen LogP contribution in [-0.2, 0) is 22.8 Å². The molecule has 6 nitrogen and oxygen atoms in total. The van der Waals surface area contributed by atoms with E-state index in [0.717, 1.165) is 16.8 Å². The molecule has 2 aromatic rings. The van der Waals surface area contributed by atoms with E-state index < -0.39 is 41.3 Å². The molecule has 1 saturated heterocycles. The number of hydrogen-bond donors (Lipinski definition) is 1. The molecule has 1 aliphatic heterocycles. The molecule has 2 heterocycles. The van der Waals surface area contributed by atoms with Crippen LogP contribution in [0, 0.1) is 11.7 Å². The lowest BCUT2D eigenvalue weighted by molar-refractivity contribution is -0.141. The van der Waals surface area contributed by atoms with E-state index in [4.69, 9.17) is 0 Å². The van der Waals surface area contributed by atoms with Crippen molar-refractivity contribution in [2.24, 2.45) is 13.0 Å². The van der Waals surface area contributed by atoms with Crippen molar-refractivity contribution in [1.29, 1.82) is 0 Å². The zero-order chi connectivity index (χ0) is 19.9. The number of carbonyl (C=O) groups is 2. The summed E-state index contributed by atoms with van der Waals surface area (Å²) in [5, 5.41) is 5.78. The Hall–Kier alpha value is -2.91. The van der Waals surface area contributed by atoms with Gasteiger partial charge in [0.1, 0.15) is 11.7 Å². The number of likely N-dealkylation sites (tertiary alicyclic amines) is 1. The van der Waals surface area contributed by atoms with Crippen molar-refractivity contribution in [1.82, 2.24) is 14.7 Å². The number of hydrogen-bond acceptors (Lipinski definition) is 3. The van der Waals surface area contributed by atoms with Gasteiger partial charge in [-0.1, -0.05) is 12.1 Å². The minimum absolute atomic E-state index is 0.0466. The van der Waals surface area contributed by atoms with Gasteiger partial charge in [-0.2, -0.15) is 18.3 Å². The van der Waals surface area contributed by atoms with E-state index in [9.17, 15) is 27.2 Å². The van der Waals surface area contributed by atoms with Gasteiger partial charge in [-0.05, 0) is 18.2 Å². The van der Waals surface area contributed by atoms with Crippen molar-refractivity contribution in [2.75, 3.05) is 18.9 Å². The molecule has 0 saturated carbocycles. The van der Waals surface area contributed by atoms with Gasteiger partial charge >= 0.3 is 6.18 Å². The zero-order valence-corrected chi connectivity index (χ0v) is 14.4. The number of benzene rings is 1. The summed E-state index contributed by atoms with van der Waals surface area (Å²) in [6, 6.07) is 6.26. The summed E-state index contributed by atoms with van der Waals surface area (Å²) in [6.45, 7) is 0.0466. The minimum atomic E-state index is -4.64. The van der Waals surface area contributed by atoms with Crippen LogP contribution in [0.2, 0.25) is 0 Å². The van der Waals surface area contributed by atoms with Crippen molar-refractivity contribution in [3.05, 3.63) is 47.5 Å². The summed E-state index contributed by atoms with van der Waals surface area (Å²) in [7, 11) is 2.77. The minimum Gasteiger partial charge on any atom is -0.344 e. The van der Waals surface area contributed by atoms with E-state index in [1.165, 1.54) is 37.2 Å². The van der Waals surface area contributed by atoms with Gasteiger partial charge in [-0.15, -0.1) is 0 Å².